The Hall–Kier alpha value is -1.90. The first-order chi connectivity index (χ1) is 8.31. The number of aryl methyl sites for hydroxylation is 1. The number of hydrogen-bond donors (Lipinski definition) is 1. The van der Waals surface area contributed by atoms with E-state index in [2.05, 4.69) is 35.2 Å². The zero-order valence-corrected chi connectivity index (χ0v) is 10.3. The number of nitrogens with zero attached hydrogens (tertiary/aromatic N) is 2. The fourth-order valence-corrected chi connectivity index (χ4v) is 1.66. The van der Waals surface area contributed by atoms with Crippen LogP contribution in [0, 0.1) is 6.92 Å². The highest BCUT2D eigenvalue weighted by atomic mass is 15.0. The number of aromatic nitrogens is 2. The van der Waals surface area contributed by atoms with Gasteiger partial charge in [0.15, 0.2) is 5.82 Å². The van der Waals surface area contributed by atoms with Gasteiger partial charge in [-0.15, -0.1) is 0 Å². The summed E-state index contributed by atoms with van der Waals surface area (Å²) in [4.78, 5) is 8.85. The molecule has 0 unspecified atom stereocenters. The molecule has 0 radical (unpaired) electrons. The van der Waals surface area contributed by atoms with Crippen LogP contribution >= 0.6 is 0 Å². The fourth-order valence-electron chi connectivity index (χ4n) is 1.66. The van der Waals surface area contributed by atoms with Gasteiger partial charge in [-0.1, -0.05) is 31.2 Å². The van der Waals surface area contributed by atoms with E-state index in [1.54, 1.807) is 6.20 Å². The van der Waals surface area contributed by atoms with E-state index in [1.807, 2.05) is 24.3 Å². The number of benzene rings is 1. The van der Waals surface area contributed by atoms with Crippen molar-refractivity contribution < 1.29 is 0 Å². The summed E-state index contributed by atoms with van der Waals surface area (Å²) in [5, 5.41) is 3.27. The van der Waals surface area contributed by atoms with Crippen LogP contribution in [-0.2, 0) is 0 Å². The highest BCUT2D eigenvalue weighted by Gasteiger charge is 2.04. The Bertz CT molecular complexity index is 494. The van der Waals surface area contributed by atoms with Crippen LogP contribution < -0.4 is 5.32 Å². The molecule has 1 heterocycles. The van der Waals surface area contributed by atoms with Crippen molar-refractivity contribution in [3.8, 4) is 11.4 Å². The predicted octanol–water partition coefficient (Wildman–Crippen LogP) is 3.27. The summed E-state index contributed by atoms with van der Waals surface area (Å²) in [7, 11) is 0. The van der Waals surface area contributed by atoms with Gasteiger partial charge in [-0.05, 0) is 25.0 Å². The molecule has 0 bridgehead atoms. The molecule has 2 rings (SSSR count). The van der Waals surface area contributed by atoms with Crippen LogP contribution in [0.2, 0.25) is 0 Å². The average molecular weight is 227 g/mol. The molecule has 0 fully saturated rings. The van der Waals surface area contributed by atoms with Gasteiger partial charge >= 0.3 is 0 Å². The Kier molecular flexibility index (Phi) is 3.70. The van der Waals surface area contributed by atoms with Crippen LogP contribution in [0.15, 0.2) is 36.5 Å². The maximum atomic E-state index is 4.52. The highest BCUT2D eigenvalue weighted by molar-refractivity contribution is 5.60. The van der Waals surface area contributed by atoms with E-state index in [1.165, 1.54) is 5.56 Å². The lowest BCUT2D eigenvalue weighted by Crippen LogP contribution is -2.03. The number of nitrogens with one attached hydrogen (secondary N) is 1. The molecule has 0 aliphatic rings. The highest BCUT2D eigenvalue weighted by Crippen LogP contribution is 2.19. The van der Waals surface area contributed by atoms with Crippen LogP contribution in [0.25, 0.3) is 11.4 Å². The Morgan fingerprint density at radius 3 is 2.76 bits per heavy atom. The largest absolute Gasteiger partial charge is 0.370 e. The normalized spacial score (nSPS) is 10.2. The summed E-state index contributed by atoms with van der Waals surface area (Å²) in [5.74, 6) is 1.67. The van der Waals surface area contributed by atoms with Crippen molar-refractivity contribution in [1.29, 1.82) is 0 Å². The average Bonchev–Trinajstić information content (AvgIpc) is 2.37. The third-order valence-corrected chi connectivity index (χ3v) is 2.60. The zero-order valence-electron chi connectivity index (χ0n) is 10.3. The molecule has 3 heteroatoms. The first-order valence-electron chi connectivity index (χ1n) is 5.94. The van der Waals surface area contributed by atoms with E-state index in [0.717, 1.165) is 30.2 Å². The Balaban J connectivity index is 2.30. The molecule has 1 aromatic heterocycles. The molecular formula is C14H17N3. The van der Waals surface area contributed by atoms with Gasteiger partial charge in [0.1, 0.15) is 5.82 Å². The van der Waals surface area contributed by atoms with Crippen LogP contribution in [-0.4, -0.2) is 16.5 Å². The molecule has 0 aliphatic heterocycles. The Morgan fingerprint density at radius 2 is 2.00 bits per heavy atom. The van der Waals surface area contributed by atoms with Gasteiger partial charge in [0.05, 0.1) is 0 Å². The Morgan fingerprint density at radius 1 is 1.18 bits per heavy atom. The molecule has 0 atom stereocenters. The maximum Gasteiger partial charge on any atom is 0.161 e. The van der Waals surface area contributed by atoms with Crippen molar-refractivity contribution in [3.63, 3.8) is 0 Å². The van der Waals surface area contributed by atoms with Crippen molar-refractivity contribution in [2.75, 3.05) is 11.9 Å². The topological polar surface area (TPSA) is 37.8 Å². The minimum Gasteiger partial charge on any atom is -0.370 e. The first-order valence-corrected chi connectivity index (χ1v) is 5.94. The lowest BCUT2D eigenvalue weighted by molar-refractivity contribution is 0.965. The van der Waals surface area contributed by atoms with Crippen molar-refractivity contribution in [2.45, 2.75) is 20.3 Å². The third kappa shape index (κ3) is 2.81. The van der Waals surface area contributed by atoms with Crippen LogP contribution in [0.1, 0.15) is 18.9 Å². The third-order valence-electron chi connectivity index (χ3n) is 2.60. The van der Waals surface area contributed by atoms with Gasteiger partial charge in [0.25, 0.3) is 0 Å². The SMILES string of the molecule is CCCNc1ccnc(-c2ccccc2C)n1. The molecule has 0 amide bonds. The van der Waals surface area contributed by atoms with Gasteiger partial charge in [-0.2, -0.15) is 0 Å². The second-order valence-electron chi connectivity index (χ2n) is 4.01. The van der Waals surface area contributed by atoms with Gasteiger partial charge < -0.3 is 5.32 Å². The number of anilines is 1. The molecule has 1 aromatic carbocycles. The van der Waals surface area contributed by atoms with E-state index in [0.29, 0.717) is 0 Å². The van der Waals surface area contributed by atoms with Gasteiger partial charge in [-0.25, -0.2) is 9.97 Å². The number of hydrogen-bond acceptors (Lipinski definition) is 3. The molecule has 88 valence electrons. The van der Waals surface area contributed by atoms with Crippen LogP contribution in [0.4, 0.5) is 5.82 Å². The zero-order chi connectivity index (χ0) is 12.1. The maximum absolute atomic E-state index is 4.52. The van der Waals surface area contributed by atoms with Crippen molar-refractivity contribution >= 4 is 5.82 Å². The number of rotatable bonds is 4. The second-order valence-corrected chi connectivity index (χ2v) is 4.01. The van der Waals surface area contributed by atoms with E-state index in [4.69, 9.17) is 0 Å². The second kappa shape index (κ2) is 5.43. The lowest BCUT2D eigenvalue weighted by Gasteiger charge is -2.07. The Labute approximate surface area is 102 Å². The van der Waals surface area contributed by atoms with Crippen molar-refractivity contribution in [2.24, 2.45) is 0 Å². The molecule has 0 spiro atoms. The summed E-state index contributed by atoms with van der Waals surface area (Å²) in [5.41, 5.74) is 2.28. The van der Waals surface area contributed by atoms with Crippen LogP contribution in [0.3, 0.4) is 0 Å². The van der Waals surface area contributed by atoms with E-state index in [-0.39, 0.29) is 0 Å². The smallest absolute Gasteiger partial charge is 0.161 e. The summed E-state index contributed by atoms with van der Waals surface area (Å²) in [6.07, 6.45) is 2.89. The molecule has 3 nitrogen and oxygen atoms in total. The first kappa shape index (κ1) is 11.6. The molecule has 0 saturated carbocycles. The monoisotopic (exact) mass is 227 g/mol. The van der Waals surface area contributed by atoms with Crippen molar-refractivity contribution in [3.05, 3.63) is 42.1 Å². The molecule has 2 aromatic rings. The van der Waals surface area contributed by atoms with Crippen LogP contribution in [0.5, 0.6) is 0 Å². The molecule has 1 N–H and O–H groups in total. The van der Waals surface area contributed by atoms with Gasteiger partial charge in [0, 0.05) is 18.3 Å². The van der Waals surface area contributed by atoms with Gasteiger partial charge in [0.2, 0.25) is 0 Å². The van der Waals surface area contributed by atoms with Crippen molar-refractivity contribution in [1.82, 2.24) is 9.97 Å². The summed E-state index contributed by atoms with van der Waals surface area (Å²) < 4.78 is 0. The van der Waals surface area contributed by atoms with E-state index in [9.17, 15) is 0 Å². The summed E-state index contributed by atoms with van der Waals surface area (Å²) in [6, 6.07) is 10.1. The van der Waals surface area contributed by atoms with Gasteiger partial charge in [-0.3, -0.25) is 0 Å². The molecule has 17 heavy (non-hydrogen) atoms. The minimum atomic E-state index is 0.782. The quantitative estimate of drug-likeness (QED) is 0.871. The summed E-state index contributed by atoms with van der Waals surface area (Å²) >= 11 is 0. The molecule has 0 saturated heterocycles. The lowest BCUT2D eigenvalue weighted by atomic mass is 10.1. The minimum absolute atomic E-state index is 0.782. The molecular weight excluding hydrogens is 210 g/mol. The predicted molar refractivity (Wildman–Crippen MR) is 71.0 cm³/mol. The fraction of sp³-hybridized carbons (Fsp3) is 0.286. The standard InChI is InChI=1S/C14H17N3/c1-3-9-15-13-8-10-16-14(17-13)12-7-5-4-6-11(12)2/h4-8,10H,3,9H2,1-2H3,(H,15,16,17). The van der Waals surface area contributed by atoms with E-state index >= 15 is 0 Å². The van der Waals surface area contributed by atoms with E-state index < -0.39 is 0 Å². The summed E-state index contributed by atoms with van der Waals surface area (Å²) in [6.45, 7) is 5.14. The molecule has 0 aliphatic carbocycles.